The van der Waals surface area contributed by atoms with Gasteiger partial charge in [0.15, 0.2) is 0 Å². The lowest BCUT2D eigenvalue weighted by atomic mass is 10.2. The molecule has 0 aliphatic carbocycles. The van der Waals surface area contributed by atoms with Crippen molar-refractivity contribution in [2.24, 2.45) is 0 Å². The van der Waals surface area contributed by atoms with Crippen LogP contribution in [-0.4, -0.2) is 60.0 Å². The molecule has 0 radical (unpaired) electrons. The standard InChI is InChI=1S/C14H21N3O2/c1-11(2)16-6-8-17(9-7-16)14(18)12-4-5-13(19-3)15-10-12/h4-5,10-11H,6-9H2,1-3H3. The molecule has 0 N–H and O–H groups in total. The third kappa shape index (κ3) is 3.23. The van der Waals surface area contributed by atoms with Gasteiger partial charge in [0, 0.05) is 44.5 Å². The Labute approximate surface area is 114 Å². The van der Waals surface area contributed by atoms with Crippen molar-refractivity contribution in [2.75, 3.05) is 33.3 Å². The number of aromatic nitrogens is 1. The highest BCUT2D eigenvalue weighted by atomic mass is 16.5. The third-order valence-electron chi connectivity index (χ3n) is 3.52. The van der Waals surface area contributed by atoms with Gasteiger partial charge < -0.3 is 9.64 Å². The zero-order valence-electron chi connectivity index (χ0n) is 11.8. The Bertz CT molecular complexity index is 423. The Kier molecular flexibility index (Phi) is 4.37. The van der Waals surface area contributed by atoms with E-state index in [9.17, 15) is 4.79 Å². The number of nitrogens with zero attached hydrogens (tertiary/aromatic N) is 3. The second-order valence-electron chi connectivity index (χ2n) is 5.01. The summed E-state index contributed by atoms with van der Waals surface area (Å²) in [7, 11) is 1.56. The molecular formula is C14H21N3O2. The maximum absolute atomic E-state index is 12.3. The fraction of sp³-hybridized carbons (Fsp3) is 0.571. The number of rotatable bonds is 3. The van der Waals surface area contributed by atoms with E-state index in [0.717, 1.165) is 26.2 Å². The molecule has 2 heterocycles. The number of hydrogen-bond donors (Lipinski definition) is 0. The predicted octanol–water partition coefficient (Wildman–Crippen LogP) is 1.26. The highest BCUT2D eigenvalue weighted by molar-refractivity contribution is 5.94. The lowest BCUT2D eigenvalue weighted by molar-refractivity contribution is 0.0595. The van der Waals surface area contributed by atoms with E-state index in [1.54, 1.807) is 25.4 Å². The number of piperazine rings is 1. The van der Waals surface area contributed by atoms with E-state index in [2.05, 4.69) is 23.7 Å². The van der Waals surface area contributed by atoms with Gasteiger partial charge in [-0.1, -0.05) is 0 Å². The molecule has 1 fully saturated rings. The Hall–Kier alpha value is -1.62. The third-order valence-corrected chi connectivity index (χ3v) is 3.52. The molecular weight excluding hydrogens is 242 g/mol. The van der Waals surface area contributed by atoms with Gasteiger partial charge in [-0.25, -0.2) is 4.98 Å². The van der Waals surface area contributed by atoms with Gasteiger partial charge in [0.05, 0.1) is 12.7 Å². The molecule has 1 amide bonds. The van der Waals surface area contributed by atoms with Crippen molar-refractivity contribution < 1.29 is 9.53 Å². The minimum Gasteiger partial charge on any atom is -0.481 e. The van der Waals surface area contributed by atoms with Crippen molar-refractivity contribution in [2.45, 2.75) is 19.9 Å². The van der Waals surface area contributed by atoms with E-state index in [4.69, 9.17) is 4.74 Å². The van der Waals surface area contributed by atoms with Gasteiger partial charge in [-0.15, -0.1) is 0 Å². The summed E-state index contributed by atoms with van der Waals surface area (Å²) in [5, 5.41) is 0. The number of carbonyl (C=O) groups is 1. The van der Waals surface area contributed by atoms with Crippen molar-refractivity contribution in [1.82, 2.24) is 14.8 Å². The van der Waals surface area contributed by atoms with Crippen LogP contribution < -0.4 is 4.74 Å². The highest BCUT2D eigenvalue weighted by Gasteiger charge is 2.23. The van der Waals surface area contributed by atoms with E-state index < -0.39 is 0 Å². The molecule has 0 atom stereocenters. The van der Waals surface area contributed by atoms with E-state index in [1.165, 1.54) is 0 Å². The minimum atomic E-state index is 0.0542. The van der Waals surface area contributed by atoms with Crippen LogP contribution in [0.25, 0.3) is 0 Å². The van der Waals surface area contributed by atoms with Crippen LogP contribution in [0.15, 0.2) is 18.3 Å². The van der Waals surface area contributed by atoms with E-state index in [1.807, 2.05) is 4.90 Å². The van der Waals surface area contributed by atoms with Crippen LogP contribution in [0.3, 0.4) is 0 Å². The maximum atomic E-state index is 12.3. The number of hydrogen-bond acceptors (Lipinski definition) is 4. The normalized spacial score (nSPS) is 16.7. The monoisotopic (exact) mass is 263 g/mol. The van der Waals surface area contributed by atoms with Crippen LogP contribution in [0.4, 0.5) is 0 Å². The zero-order valence-corrected chi connectivity index (χ0v) is 11.8. The van der Waals surface area contributed by atoms with Crippen molar-refractivity contribution in [3.63, 3.8) is 0 Å². The molecule has 104 valence electrons. The predicted molar refractivity (Wildman–Crippen MR) is 73.4 cm³/mol. The van der Waals surface area contributed by atoms with Gasteiger partial charge >= 0.3 is 0 Å². The molecule has 0 bridgehead atoms. The zero-order chi connectivity index (χ0) is 13.8. The Morgan fingerprint density at radius 2 is 1.95 bits per heavy atom. The molecule has 1 aromatic rings. The minimum absolute atomic E-state index is 0.0542. The molecule has 1 aliphatic rings. The summed E-state index contributed by atoms with van der Waals surface area (Å²) in [6.45, 7) is 7.81. The first kappa shape index (κ1) is 13.8. The number of methoxy groups -OCH3 is 1. The van der Waals surface area contributed by atoms with Crippen molar-refractivity contribution in [3.8, 4) is 5.88 Å². The quantitative estimate of drug-likeness (QED) is 0.823. The Morgan fingerprint density at radius 1 is 1.26 bits per heavy atom. The van der Waals surface area contributed by atoms with Crippen LogP contribution >= 0.6 is 0 Å². The Morgan fingerprint density at radius 3 is 2.42 bits per heavy atom. The average Bonchev–Trinajstić information content (AvgIpc) is 2.46. The second-order valence-corrected chi connectivity index (χ2v) is 5.01. The summed E-state index contributed by atoms with van der Waals surface area (Å²) in [4.78, 5) is 20.7. The first-order chi connectivity index (χ1) is 9.11. The molecule has 0 spiro atoms. The number of carbonyl (C=O) groups excluding carboxylic acids is 1. The molecule has 0 aromatic carbocycles. The molecule has 0 saturated carbocycles. The first-order valence-electron chi connectivity index (χ1n) is 6.65. The molecule has 0 unspecified atom stereocenters. The van der Waals surface area contributed by atoms with Gasteiger partial charge in [0.25, 0.3) is 5.91 Å². The average molecular weight is 263 g/mol. The van der Waals surface area contributed by atoms with Crippen LogP contribution in [0.5, 0.6) is 5.88 Å². The van der Waals surface area contributed by atoms with Gasteiger partial charge in [-0.2, -0.15) is 0 Å². The van der Waals surface area contributed by atoms with Crippen LogP contribution in [-0.2, 0) is 0 Å². The lowest BCUT2D eigenvalue weighted by Gasteiger charge is -2.36. The summed E-state index contributed by atoms with van der Waals surface area (Å²) in [6.07, 6.45) is 1.58. The topological polar surface area (TPSA) is 45.7 Å². The van der Waals surface area contributed by atoms with Crippen molar-refractivity contribution >= 4 is 5.91 Å². The van der Waals surface area contributed by atoms with Gasteiger partial charge in [0.2, 0.25) is 5.88 Å². The number of ether oxygens (including phenoxy) is 1. The SMILES string of the molecule is COc1ccc(C(=O)N2CCN(C(C)C)CC2)cn1. The fourth-order valence-electron chi connectivity index (χ4n) is 2.25. The summed E-state index contributed by atoms with van der Waals surface area (Å²) < 4.78 is 4.99. The lowest BCUT2D eigenvalue weighted by Crippen LogP contribution is -2.50. The van der Waals surface area contributed by atoms with E-state index in [0.29, 0.717) is 17.5 Å². The van der Waals surface area contributed by atoms with Crippen LogP contribution in [0, 0.1) is 0 Å². The van der Waals surface area contributed by atoms with E-state index >= 15 is 0 Å². The molecule has 1 aromatic heterocycles. The number of pyridine rings is 1. The fourth-order valence-corrected chi connectivity index (χ4v) is 2.25. The maximum Gasteiger partial charge on any atom is 0.255 e. The van der Waals surface area contributed by atoms with Crippen LogP contribution in [0.2, 0.25) is 0 Å². The molecule has 1 aliphatic heterocycles. The summed E-state index contributed by atoms with van der Waals surface area (Å²) >= 11 is 0. The molecule has 5 heteroatoms. The van der Waals surface area contributed by atoms with Gasteiger partial charge in [-0.3, -0.25) is 9.69 Å². The molecule has 5 nitrogen and oxygen atoms in total. The summed E-state index contributed by atoms with van der Waals surface area (Å²) in [5.41, 5.74) is 0.624. The smallest absolute Gasteiger partial charge is 0.255 e. The van der Waals surface area contributed by atoms with Gasteiger partial charge in [-0.05, 0) is 19.9 Å². The molecule has 1 saturated heterocycles. The number of amides is 1. The summed E-state index contributed by atoms with van der Waals surface area (Å²) in [6, 6.07) is 4.03. The van der Waals surface area contributed by atoms with Crippen LogP contribution in [0.1, 0.15) is 24.2 Å². The van der Waals surface area contributed by atoms with E-state index in [-0.39, 0.29) is 5.91 Å². The van der Waals surface area contributed by atoms with Crippen molar-refractivity contribution in [1.29, 1.82) is 0 Å². The molecule has 19 heavy (non-hydrogen) atoms. The summed E-state index contributed by atoms with van der Waals surface area (Å²) in [5.74, 6) is 0.583. The largest absolute Gasteiger partial charge is 0.481 e. The molecule has 2 rings (SSSR count). The second kappa shape index (κ2) is 6.02. The first-order valence-corrected chi connectivity index (χ1v) is 6.65. The highest BCUT2D eigenvalue weighted by Crippen LogP contribution is 2.12. The van der Waals surface area contributed by atoms with Crippen molar-refractivity contribution in [3.05, 3.63) is 23.9 Å². The van der Waals surface area contributed by atoms with Gasteiger partial charge in [0.1, 0.15) is 0 Å². The Balaban J connectivity index is 1.97.